The monoisotopic (exact) mass is 313 g/mol. The fraction of sp³-hybridized carbons (Fsp3) is 0.467. The SMILES string of the molecule is CCC(C(=O)O)c1ccc(NC(=O)OC(C)(C)C)c(Cl)c1. The molecule has 0 saturated heterocycles. The number of carboxylic acids is 1. The number of anilines is 1. The van der Waals surface area contributed by atoms with E-state index in [9.17, 15) is 9.59 Å². The van der Waals surface area contributed by atoms with E-state index in [-0.39, 0.29) is 5.02 Å². The maximum Gasteiger partial charge on any atom is 0.412 e. The highest BCUT2D eigenvalue weighted by Gasteiger charge is 2.20. The van der Waals surface area contributed by atoms with Crippen LogP contribution in [-0.2, 0) is 9.53 Å². The minimum Gasteiger partial charge on any atom is -0.481 e. The summed E-state index contributed by atoms with van der Waals surface area (Å²) in [6, 6.07) is 4.77. The third-order valence-corrected chi connectivity index (χ3v) is 3.05. The molecule has 1 aromatic carbocycles. The van der Waals surface area contributed by atoms with Gasteiger partial charge in [0.2, 0.25) is 0 Å². The van der Waals surface area contributed by atoms with Crippen LogP contribution in [0.1, 0.15) is 45.6 Å². The quantitative estimate of drug-likeness (QED) is 0.870. The Kier molecular flexibility index (Phi) is 5.61. The number of halogens is 1. The highest BCUT2D eigenvalue weighted by atomic mass is 35.5. The van der Waals surface area contributed by atoms with E-state index in [1.54, 1.807) is 45.9 Å². The molecule has 0 spiro atoms. The number of aliphatic carboxylic acids is 1. The second-order valence-electron chi connectivity index (χ2n) is 5.67. The van der Waals surface area contributed by atoms with Gasteiger partial charge in [-0.3, -0.25) is 10.1 Å². The molecular weight excluding hydrogens is 294 g/mol. The Labute approximate surface area is 129 Å². The van der Waals surface area contributed by atoms with E-state index in [2.05, 4.69) is 5.32 Å². The molecule has 0 aromatic heterocycles. The summed E-state index contributed by atoms with van der Waals surface area (Å²) in [6.07, 6.45) is -0.146. The van der Waals surface area contributed by atoms with Crippen LogP contribution < -0.4 is 5.32 Å². The van der Waals surface area contributed by atoms with E-state index in [4.69, 9.17) is 21.4 Å². The predicted molar refractivity (Wildman–Crippen MR) is 82.0 cm³/mol. The third-order valence-electron chi connectivity index (χ3n) is 2.74. The minimum absolute atomic E-state index is 0.276. The van der Waals surface area contributed by atoms with Gasteiger partial charge in [0, 0.05) is 0 Å². The first-order valence-corrected chi connectivity index (χ1v) is 7.04. The number of hydrogen-bond acceptors (Lipinski definition) is 3. The zero-order valence-electron chi connectivity index (χ0n) is 12.6. The first kappa shape index (κ1) is 17.3. The van der Waals surface area contributed by atoms with Crippen molar-refractivity contribution in [2.45, 2.75) is 45.6 Å². The van der Waals surface area contributed by atoms with Gasteiger partial charge in [0.25, 0.3) is 0 Å². The summed E-state index contributed by atoms with van der Waals surface area (Å²) in [6.45, 7) is 7.07. The lowest BCUT2D eigenvalue weighted by Crippen LogP contribution is -2.27. The van der Waals surface area contributed by atoms with E-state index in [1.165, 1.54) is 0 Å². The van der Waals surface area contributed by atoms with Crippen LogP contribution in [0.5, 0.6) is 0 Å². The number of carboxylic acid groups (broad SMARTS) is 1. The zero-order valence-corrected chi connectivity index (χ0v) is 13.3. The van der Waals surface area contributed by atoms with Crippen molar-refractivity contribution in [1.82, 2.24) is 0 Å². The highest BCUT2D eigenvalue weighted by Crippen LogP contribution is 2.29. The number of benzene rings is 1. The molecule has 0 heterocycles. The van der Waals surface area contributed by atoms with Gasteiger partial charge in [0.1, 0.15) is 5.60 Å². The van der Waals surface area contributed by atoms with Crippen molar-refractivity contribution in [3.63, 3.8) is 0 Å². The van der Waals surface area contributed by atoms with Crippen LogP contribution in [0, 0.1) is 0 Å². The second-order valence-corrected chi connectivity index (χ2v) is 6.07. The maximum atomic E-state index is 11.7. The van der Waals surface area contributed by atoms with Gasteiger partial charge < -0.3 is 9.84 Å². The average molecular weight is 314 g/mol. The van der Waals surface area contributed by atoms with Crippen molar-refractivity contribution in [2.75, 3.05) is 5.32 Å². The van der Waals surface area contributed by atoms with Crippen LogP contribution in [0.25, 0.3) is 0 Å². The first-order chi connectivity index (χ1) is 9.64. The summed E-state index contributed by atoms with van der Waals surface area (Å²) in [5.41, 5.74) is 0.382. The summed E-state index contributed by atoms with van der Waals surface area (Å²) < 4.78 is 5.13. The van der Waals surface area contributed by atoms with E-state index < -0.39 is 23.6 Å². The van der Waals surface area contributed by atoms with Crippen molar-refractivity contribution < 1.29 is 19.4 Å². The van der Waals surface area contributed by atoms with E-state index in [0.717, 1.165) is 0 Å². The fourth-order valence-corrected chi connectivity index (χ4v) is 2.05. The first-order valence-electron chi connectivity index (χ1n) is 6.66. The van der Waals surface area contributed by atoms with Gasteiger partial charge in [-0.15, -0.1) is 0 Å². The van der Waals surface area contributed by atoms with E-state index >= 15 is 0 Å². The molecule has 0 aliphatic heterocycles. The van der Waals surface area contributed by atoms with E-state index in [0.29, 0.717) is 17.7 Å². The van der Waals surface area contributed by atoms with Gasteiger partial charge in [0.15, 0.2) is 0 Å². The smallest absolute Gasteiger partial charge is 0.412 e. The van der Waals surface area contributed by atoms with Gasteiger partial charge in [-0.1, -0.05) is 24.6 Å². The molecule has 0 aliphatic rings. The molecule has 1 unspecified atom stereocenters. The molecule has 116 valence electrons. The zero-order chi connectivity index (χ0) is 16.2. The third kappa shape index (κ3) is 5.27. The van der Waals surface area contributed by atoms with Gasteiger partial charge in [-0.05, 0) is 44.9 Å². The Morgan fingerprint density at radius 1 is 1.38 bits per heavy atom. The van der Waals surface area contributed by atoms with Crippen molar-refractivity contribution in [1.29, 1.82) is 0 Å². The summed E-state index contributed by atoms with van der Waals surface area (Å²) in [5, 5.41) is 11.9. The summed E-state index contributed by atoms with van der Waals surface area (Å²) >= 11 is 6.09. The molecule has 1 amide bonds. The maximum absolute atomic E-state index is 11.7. The molecular formula is C15H20ClNO4. The molecule has 0 aliphatic carbocycles. The average Bonchev–Trinajstić information content (AvgIpc) is 2.30. The minimum atomic E-state index is -0.901. The highest BCUT2D eigenvalue weighted by molar-refractivity contribution is 6.33. The molecule has 1 rings (SSSR count). The van der Waals surface area contributed by atoms with Gasteiger partial charge in [0.05, 0.1) is 16.6 Å². The molecule has 0 bridgehead atoms. The molecule has 0 saturated carbocycles. The Morgan fingerprint density at radius 3 is 2.43 bits per heavy atom. The summed E-state index contributed by atoms with van der Waals surface area (Å²) in [7, 11) is 0. The molecule has 21 heavy (non-hydrogen) atoms. The van der Waals surface area contributed by atoms with Crippen LogP contribution in [-0.4, -0.2) is 22.8 Å². The number of carbonyl (C=O) groups excluding carboxylic acids is 1. The fourth-order valence-electron chi connectivity index (χ4n) is 1.82. The van der Waals surface area contributed by atoms with Crippen molar-refractivity contribution in [3.05, 3.63) is 28.8 Å². The van der Waals surface area contributed by atoms with Gasteiger partial charge in [-0.25, -0.2) is 4.79 Å². The molecule has 6 heteroatoms. The number of amides is 1. The van der Waals surface area contributed by atoms with Gasteiger partial charge >= 0.3 is 12.1 Å². The molecule has 0 radical (unpaired) electrons. The van der Waals surface area contributed by atoms with Crippen LogP contribution in [0.4, 0.5) is 10.5 Å². The Bertz CT molecular complexity index is 537. The van der Waals surface area contributed by atoms with Crippen molar-refractivity contribution >= 4 is 29.4 Å². The number of carbonyl (C=O) groups is 2. The molecule has 5 nitrogen and oxygen atoms in total. The van der Waals surface area contributed by atoms with Gasteiger partial charge in [-0.2, -0.15) is 0 Å². The largest absolute Gasteiger partial charge is 0.481 e. The summed E-state index contributed by atoms with van der Waals surface area (Å²) in [4.78, 5) is 22.8. The number of hydrogen-bond donors (Lipinski definition) is 2. The topological polar surface area (TPSA) is 75.6 Å². The summed E-state index contributed by atoms with van der Waals surface area (Å²) in [5.74, 6) is -1.51. The molecule has 1 atom stereocenters. The van der Waals surface area contributed by atoms with Crippen LogP contribution >= 0.6 is 11.6 Å². The number of nitrogens with one attached hydrogen (secondary N) is 1. The number of rotatable bonds is 4. The molecule has 0 fully saturated rings. The molecule has 1 aromatic rings. The van der Waals surface area contributed by atoms with Crippen molar-refractivity contribution in [2.24, 2.45) is 0 Å². The van der Waals surface area contributed by atoms with Crippen LogP contribution in [0.2, 0.25) is 5.02 Å². The second kappa shape index (κ2) is 6.80. The Balaban J connectivity index is 2.88. The van der Waals surface area contributed by atoms with E-state index in [1.807, 2.05) is 0 Å². The standard InChI is InChI=1S/C15H20ClNO4/c1-5-10(13(18)19)9-6-7-12(11(16)8-9)17-14(20)21-15(2,3)4/h6-8,10H,5H2,1-4H3,(H,17,20)(H,18,19). The Hall–Kier alpha value is -1.75. The number of ether oxygens (including phenoxy) is 1. The Morgan fingerprint density at radius 2 is 2.00 bits per heavy atom. The lowest BCUT2D eigenvalue weighted by molar-refractivity contribution is -0.138. The predicted octanol–water partition coefficient (Wildman–Crippen LogP) is 4.27. The lowest BCUT2D eigenvalue weighted by Gasteiger charge is -2.20. The van der Waals surface area contributed by atoms with Crippen molar-refractivity contribution in [3.8, 4) is 0 Å². The lowest BCUT2D eigenvalue weighted by atomic mass is 9.96. The normalized spacial score (nSPS) is 12.6. The van der Waals surface area contributed by atoms with Crippen LogP contribution in [0.15, 0.2) is 18.2 Å². The molecule has 2 N–H and O–H groups in total. The van der Waals surface area contributed by atoms with Crippen LogP contribution in [0.3, 0.4) is 0 Å².